The van der Waals surface area contributed by atoms with Gasteiger partial charge in [0.2, 0.25) is 0 Å². The van der Waals surface area contributed by atoms with E-state index in [-0.39, 0.29) is 6.61 Å². The molecule has 16 heavy (non-hydrogen) atoms. The van der Waals surface area contributed by atoms with Crippen molar-refractivity contribution in [1.29, 1.82) is 0 Å². The van der Waals surface area contributed by atoms with Crippen molar-refractivity contribution in [2.45, 2.75) is 13.3 Å². The van der Waals surface area contributed by atoms with Crippen molar-refractivity contribution in [2.24, 2.45) is 0 Å². The van der Waals surface area contributed by atoms with Crippen LogP contribution in [0.3, 0.4) is 0 Å². The Kier molecular flexibility index (Phi) is 3.27. The van der Waals surface area contributed by atoms with E-state index in [1.165, 1.54) is 5.56 Å². The number of hydrogen-bond acceptors (Lipinski definition) is 2. The van der Waals surface area contributed by atoms with E-state index in [4.69, 9.17) is 16.7 Å². The highest BCUT2D eigenvalue weighted by Crippen LogP contribution is 2.25. The summed E-state index contributed by atoms with van der Waals surface area (Å²) in [6.45, 7) is 2.10. The number of halogens is 1. The lowest BCUT2D eigenvalue weighted by atomic mass is 10.1. The van der Waals surface area contributed by atoms with Crippen LogP contribution in [0.2, 0.25) is 5.15 Å². The van der Waals surface area contributed by atoms with Gasteiger partial charge < -0.3 is 10.1 Å². The molecule has 2 N–H and O–H groups in total. The molecular formula is C12H13ClN2O. The Balaban J connectivity index is 2.36. The molecule has 2 aromatic rings. The van der Waals surface area contributed by atoms with Gasteiger partial charge in [0.1, 0.15) is 16.7 Å². The number of hydrogen-bond donors (Lipinski definition) is 2. The Morgan fingerprint density at radius 3 is 2.62 bits per heavy atom. The molecule has 1 heterocycles. The highest BCUT2D eigenvalue weighted by molar-refractivity contribution is 6.31. The third-order valence-corrected chi connectivity index (χ3v) is 2.66. The number of H-pyrrole nitrogens is 1. The van der Waals surface area contributed by atoms with Gasteiger partial charge in [0.15, 0.2) is 0 Å². The third-order valence-electron chi connectivity index (χ3n) is 2.38. The summed E-state index contributed by atoms with van der Waals surface area (Å²) in [4.78, 5) is 7.30. The number of aryl methyl sites for hydroxylation is 1. The van der Waals surface area contributed by atoms with Gasteiger partial charge in [0, 0.05) is 12.0 Å². The van der Waals surface area contributed by atoms with Gasteiger partial charge in [-0.3, -0.25) is 0 Å². The minimum atomic E-state index is 0.0666. The number of nitrogens with zero attached hydrogens (tertiary/aromatic N) is 1. The van der Waals surface area contributed by atoms with Gasteiger partial charge >= 0.3 is 0 Å². The van der Waals surface area contributed by atoms with E-state index in [1.54, 1.807) is 0 Å². The van der Waals surface area contributed by atoms with Crippen LogP contribution in [0.15, 0.2) is 24.3 Å². The van der Waals surface area contributed by atoms with Crippen molar-refractivity contribution in [3.63, 3.8) is 0 Å². The number of benzene rings is 1. The maximum atomic E-state index is 8.82. The quantitative estimate of drug-likeness (QED) is 0.861. The summed E-state index contributed by atoms with van der Waals surface area (Å²) in [5.74, 6) is 0.711. The van der Waals surface area contributed by atoms with Crippen LogP contribution in [0.25, 0.3) is 11.3 Å². The lowest BCUT2D eigenvalue weighted by molar-refractivity contribution is 0.297. The maximum Gasteiger partial charge on any atom is 0.134 e. The Bertz CT molecular complexity index is 476. The number of aliphatic hydroxyl groups is 1. The van der Waals surface area contributed by atoms with E-state index >= 15 is 0 Å². The highest BCUT2D eigenvalue weighted by Gasteiger charge is 2.09. The predicted molar refractivity (Wildman–Crippen MR) is 64.6 cm³/mol. The summed E-state index contributed by atoms with van der Waals surface area (Å²) in [6.07, 6.45) is 0.492. The number of aromatic nitrogens is 2. The van der Waals surface area contributed by atoms with Crippen LogP contribution in [0.5, 0.6) is 0 Å². The fourth-order valence-electron chi connectivity index (χ4n) is 1.52. The molecule has 1 aromatic carbocycles. The average Bonchev–Trinajstić information content (AvgIpc) is 2.61. The van der Waals surface area contributed by atoms with Crippen LogP contribution in [-0.2, 0) is 6.42 Å². The zero-order valence-corrected chi connectivity index (χ0v) is 9.75. The Hall–Kier alpha value is -1.32. The van der Waals surface area contributed by atoms with Crippen LogP contribution >= 0.6 is 11.6 Å². The summed E-state index contributed by atoms with van der Waals surface area (Å²) in [5, 5.41) is 9.34. The normalized spacial score (nSPS) is 10.7. The summed E-state index contributed by atoms with van der Waals surface area (Å²) in [6, 6.07) is 8.01. The van der Waals surface area contributed by atoms with Gasteiger partial charge in [-0.2, -0.15) is 0 Å². The predicted octanol–water partition coefficient (Wildman–Crippen LogP) is 2.57. The van der Waals surface area contributed by atoms with E-state index in [0.717, 1.165) is 11.3 Å². The number of aliphatic hydroxyl groups excluding tert-OH is 1. The molecule has 0 aliphatic rings. The third kappa shape index (κ3) is 2.26. The molecule has 0 saturated carbocycles. The first-order valence-electron chi connectivity index (χ1n) is 5.13. The first kappa shape index (κ1) is 11.2. The van der Waals surface area contributed by atoms with E-state index in [1.807, 2.05) is 31.2 Å². The van der Waals surface area contributed by atoms with Crippen molar-refractivity contribution in [3.8, 4) is 11.3 Å². The van der Waals surface area contributed by atoms with Crippen LogP contribution in [0.4, 0.5) is 0 Å². The van der Waals surface area contributed by atoms with Crippen LogP contribution in [0.1, 0.15) is 11.4 Å². The molecule has 0 unspecified atom stereocenters. The molecule has 0 aliphatic heterocycles. The van der Waals surface area contributed by atoms with Gasteiger partial charge in [-0.15, -0.1) is 0 Å². The summed E-state index contributed by atoms with van der Waals surface area (Å²) >= 11 is 6.06. The summed E-state index contributed by atoms with van der Waals surface area (Å²) < 4.78 is 0. The number of imidazole rings is 1. The second kappa shape index (κ2) is 4.68. The molecule has 0 saturated heterocycles. The number of nitrogens with one attached hydrogen (secondary N) is 1. The SMILES string of the molecule is Cc1ccc(-c2nc(CCO)[nH]c2Cl)cc1. The number of rotatable bonds is 3. The van der Waals surface area contributed by atoms with Crippen molar-refractivity contribution in [3.05, 3.63) is 40.8 Å². The molecule has 0 fully saturated rings. The first-order chi connectivity index (χ1) is 7.70. The molecule has 4 heteroatoms. The second-order valence-corrected chi connectivity index (χ2v) is 4.06. The first-order valence-corrected chi connectivity index (χ1v) is 5.51. The molecule has 0 bridgehead atoms. The van der Waals surface area contributed by atoms with Gasteiger partial charge in [-0.05, 0) is 6.92 Å². The van der Waals surface area contributed by atoms with Crippen LogP contribution < -0.4 is 0 Å². The van der Waals surface area contributed by atoms with Crippen molar-refractivity contribution in [2.75, 3.05) is 6.61 Å². The molecule has 2 rings (SSSR count). The molecule has 0 atom stereocenters. The van der Waals surface area contributed by atoms with Crippen molar-refractivity contribution < 1.29 is 5.11 Å². The highest BCUT2D eigenvalue weighted by atomic mass is 35.5. The zero-order valence-electron chi connectivity index (χ0n) is 9.00. The topological polar surface area (TPSA) is 48.9 Å². The Morgan fingerprint density at radius 2 is 2.00 bits per heavy atom. The Labute approximate surface area is 99.1 Å². The summed E-state index contributed by atoms with van der Waals surface area (Å²) in [7, 11) is 0. The number of aromatic amines is 1. The molecule has 3 nitrogen and oxygen atoms in total. The molecule has 0 spiro atoms. The largest absolute Gasteiger partial charge is 0.396 e. The standard InChI is InChI=1S/C12H13ClN2O/c1-8-2-4-9(5-3-8)11-12(13)15-10(14-11)6-7-16/h2-5,16H,6-7H2,1H3,(H,14,15). The minimum Gasteiger partial charge on any atom is -0.396 e. The minimum absolute atomic E-state index is 0.0666. The second-order valence-electron chi connectivity index (χ2n) is 3.69. The van der Waals surface area contributed by atoms with E-state index in [2.05, 4.69) is 9.97 Å². The fourth-order valence-corrected chi connectivity index (χ4v) is 1.79. The molecule has 84 valence electrons. The van der Waals surface area contributed by atoms with E-state index in [9.17, 15) is 0 Å². The monoisotopic (exact) mass is 236 g/mol. The fraction of sp³-hybridized carbons (Fsp3) is 0.250. The molecule has 1 aromatic heterocycles. The maximum absolute atomic E-state index is 8.82. The van der Waals surface area contributed by atoms with Crippen molar-refractivity contribution >= 4 is 11.6 Å². The Morgan fingerprint density at radius 1 is 1.31 bits per heavy atom. The lowest BCUT2D eigenvalue weighted by Crippen LogP contribution is -1.92. The smallest absolute Gasteiger partial charge is 0.134 e. The van der Waals surface area contributed by atoms with Gasteiger partial charge in [0.25, 0.3) is 0 Å². The molecule has 0 aliphatic carbocycles. The van der Waals surface area contributed by atoms with Gasteiger partial charge in [0.05, 0.1) is 6.61 Å². The van der Waals surface area contributed by atoms with Gasteiger partial charge in [-0.1, -0.05) is 41.4 Å². The van der Waals surface area contributed by atoms with Gasteiger partial charge in [-0.25, -0.2) is 4.98 Å². The molecular weight excluding hydrogens is 224 g/mol. The van der Waals surface area contributed by atoms with Crippen LogP contribution in [-0.4, -0.2) is 21.7 Å². The molecule has 0 radical (unpaired) electrons. The van der Waals surface area contributed by atoms with Crippen LogP contribution in [0, 0.1) is 6.92 Å². The average molecular weight is 237 g/mol. The van der Waals surface area contributed by atoms with Crippen molar-refractivity contribution in [1.82, 2.24) is 9.97 Å². The van der Waals surface area contributed by atoms with E-state index in [0.29, 0.717) is 17.4 Å². The lowest BCUT2D eigenvalue weighted by Gasteiger charge is -1.97. The summed E-state index contributed by atoms with van der Waals surface area (Å²) in [5.41, 5.74) is 2.92. The van der Waals surface area contributed by atoms with E-state index < -0.39 is 0 Å². The zero-order chi connectivity index (χ0) is 11.5. The molecule has 0 amide bonds.